The van der Waals surface area contributed by atoms with Gasteiger partial charge < -0.3 is 0 Å². The topological polar surface area (TPSA) is 25.8 Å². The molecule has 0 fully saturated rings. The molecule has 0 atom stereocenters. The van der Waals surface area contributed by atoms with E-state index < -0.39 is 19.7 Å². The zero-order valence-electron chi connectivity index (χ0n) is 18.1. The van der Waals surface area contributed by atoms with Gasteiger partial charge in [0.15, 0.2) is 0 Å². The molecule has 0 saturated carbocycles. The van der Waals surface area contributed by atoms with Crippen LogP contribution < -0.4 is 10.5 Å². The van der Waals surface area contributed by atoms with Gasteiger partial charge in [-0.05, 0) is 51.0 Å². The van der Waals surface area contributed by atoms with Gasteiger partial charge >= 0.3 is 0 Å². The fourth-order valence-electron chi connectivity index (χ4n) is 5.54. The molecule has 1 aliphatic rings. The molecule has 33 heavy (non-hydrogen) atoms. The van der Waals surface area contributed by atoms with Gasteiger partial charge in [-0.2, -0.15) is 0 Å². The number of pyridine rings is 2. The Morgan fingerprint density at radius 3 is 2.42 bits per heavy atom. The molecule has 158 valence electrons. The predicted octanol–water partition coefficient (Wildman–Crippen LogP) is 6.17. The fraction of sp³-hybridized carbons (Fsp3) is 0.0714. The first-order valence-corrected chi connectivity index (χ1v) is 14.0. The Balaban J connectivity index is 1.71. The van der Waals surface area contributed by atoms with E-state index in [9.17, 15) is 8.78 Å². The van der Waals surface area contributed by atoms with Crippen molar-refractivity contribution >= 4 is 61.8 Å². The van der Waals surface area contributed by atoms with Crippen LogP contribution in [0.2, 0.25) is 13.1 Å². The second-order valence-electron chi connectivity index (χ2n) is 9.35. The lowest BCUT2D eigenvalue weighted by atomic mass is 9.95. The van der Waals surface area contributed by atoms with Crippen LogP contribution in [0.4, 0.5) is 8.78 Å². The highest BCUT2D eigenvalue weighted by atomic mass is 28.3. The summed E-state index contributed by atoms with van der Waals surface area (Å²) >= 11 is 0. The van der Waals surface area contributed by atoms with Gasteiger partial charge in [0.25, 0.3) is 0 Å². The van der Waals surface area contributed by atoms with Crippen LogP contribution in [0.25, 0.3) is 54.5 Å². The molecule has 0 saturated heterocycles. The average molecular weight is 449 g/mol. The average Bonchev–Trinajstić information content (AvgIpc) is 2.81. The summed E-state index contributed by atoms with van der Waals surface area (Å²) in [6, 6.07) is 20.6. The smallest absolute Gasteiger partial charge is 0.137 e. The molecule has 0 spiro atoms. The molecule has 0 aliphatic carbocycles. The zero-order valence-corrected chi connectivity index (χ0v) is 19.1. The van der Waals surface area contributed by atoms with E-state index in [1.807, 2.05) is 36.5 Å². The van der Waals surface area contributed by atoms with Gasteiger partial charge in [0.1, 0.15) is 19.7 Å². The van der Waals surface area contributed by atoms with Crippen molar-refractivity contribution < 1.29 is 8.78 Å². The minimum absolute atomic E-state index is 0.435. The van der Waals surface area contributed by atoms with Crippen LogP contribution in [0, 0.1) is 11.6 Å². The third-order valence-corrected chi connectivity index (χ3v) is 10.4. The van der Waals surface area contributed by atoms with Crippen molar-refractivity contribution in [1.29, 1.82) is 0 Å². The van der Waals surface area contributed by atoms with Gasteiger partial charge in [0.05, 0.1) is 11.2 Å². The molecule has 2 nitrogen and oxygen atoms in total. The standard InChI is InChI=1S/C28H18F2N2Si/c1-33(2)25-14-21-17(7-8-18-20(21)12-16(29)13-23(18)30)19-9-10-31-27(26(19)25)22-11-15-5-3-4-6-24(15)32-28(22)33/h3-14H,1-2H3. The van der Waals surface area contributed by atoms with Crippen molar-refractivity contribution in [2.24, 2.45) is 0 Å². The summed E-state index contributed by atoms with van der Waals surface area (Å²) < 4.78 is 28.8. The molecule has 3 heterocycles. The lowest BCUT2D eigenvalue weighted by molar-refractivity contribution is 0.592. The number of hydrogen-bond donors (Lipinski definition) is 0. The highest BCUT2D eigenvalue weighted by Crippen LogP contribution is 2.38. The molecule has 0 unspecified atom stereocenters. The summed E-state index contributed by atoms with van der Waals surface area (Å²) in [7, 11) is -2.25. The molecular weight excluding hydrogens is 430 g/mol. The third-order valence-electron chi connectivity index (χ3n) is 7.13. The van der Waals surface area contributed by atoms with Crippen molar-refractivity contribution in [3.63, 3.8) is 0 Å². The molecule has 5 heteroatoms. The quantitative estimate of drug-likeness (QED) is 0.205. The Morgan fingerprint density at radius 1 is 0.758 bits per heavy atom. The van der Waals surface area contributed by atoms with E-state index in [1.54, 1.807) is 6.07 Å². The molecule has 1 aliphatic heterocycles. The number of hydrogen-bond acceptors (Lipinski definition) is 2. The van der Waals surface area contributed by atoms with Gasteiger partial charge in [-0.15, -0.1) is 0 Å². The van der Waals surface area contributed by atoms with E-state index >= 15 is 0 Å². The van der Waals surface area contributed by atoms with Gasteiger partial charge in [-0.3, -0.25) is 9.97 Å². The first-order chi connectivity index (χ1) is 15.9. The monoisotopic (exact) mass is 448 g/mol. The third kappa shape index (κ3) is 2.40. The molecule has 7 rings (SSSR count). The Hall–Kier alpha value is -3.70. The predicted molar refractivity (Wildman–Crippen MR) is 134 cm³/mol. The van der Waals surface area contributed by atoms with Crippen molar-refractivity contribution in [3.8, 4) is 11.3 Å². The van der Waals surface area contributed by atoms with Crippen LogP contribution in [-0.4, -0.2) is 18.0 Å². The first kappa shape index (κ1) is 18.8. The summed E-state index contributed by atoms with van der Waals surface area (Å²) in [6.07, 6.45) is 1.83. The van der Waals surface area contributed by atoms with Crippen LogP contribution in [-0.2, 0) is 0 Å². The second kappa shape index (κ2) is 6.20. The van der Waals surface area contributed by atoms with Crippen LogP contribution >= 0.6 is 0 Å². The van der Waals surface area contributed by atoms with Gasteiger partial charge in [0.2, 0.25) is 0 Å². The summed E-state index contributed by atoms with van der Waals surface area (Å²) in [4.78, 5) is 9.94. The van der Waals surface area contributed by atoms with E-state index in [1.165, 1.54) is 11.3 Å². The number of fused-ring (bicyclic) bond motifs is 7. The lowest BCUT2D eigenvalue weighted by Crippen LogP contribution is -2.57. The Labute approximate surface area is 189 Å². The van der Waals surface area contributed by atoms with E-state index in [-0.39, 0.29) is 0 Å². The number of rotatable bonds is 0. The highest BCUT2D eigenvalue weighted by Gasteiger charge is 2.38. The molecule has 0 N–H and O–H groups in total. The Bertz CT molecular complexity index is 1830. The maximum absolute atomic E-state index is 14.6. The van der Waals surface area contributed by atoms with Gasteiger partial charge in [-0.1, -0.05) is 49.5 Å². The molecule has 2 aromatic heterocycles. The number of aromatic nitrogens is 2. The first-order valence-electron chi connectivity index (χ1n) is 11.0. The normalized spacial score (nSPS) is 14.3. The SMILES string of the molecule is C[Si]1(C)c2nc3ccccc3cc2-c2nccc3c2c1cc1c2cc(F)cc(F)c2ccc31. The summed E-state index contributed by atoms with van der Waals surface area (Å²) in [6.45, 7) is 4.60. The summed E-state index contributed by atoms with van der Waals surface area (Å²) in [5.41, 5.74) is 3.01. The van der Waals surface area contributed by atoms with Crippen molar-refractivity contribution in [2.75, 3.05) is 0 Å². The Kier molecular flexibility index (Phi) is 3.54. The van der Waals surface area contributed by atoms with Crippen molar-refractivity contribution in [3.05, 3.63) is 84.6 Å². The molecular formula is C28H18F2N2Si. The van der Waals surface area contributed by atoms with E-state index in [2.05, 4.69) is 31.3 Å². The van der Waals surface area contributed by atoms with Crippen LogP contribution in [0.5, 0.6) is 0 Å². The lowest BCUT2D eigenvalue weighted by Gasteiger charge is -2.32. The van der Waals surface area contributed by atoms with E-state index in [0.29, 0.717) is 10.8 Å². The molecule has 0 bridgehead atoms. The highest BCUT2D eigenvalue weighted by molar-refractivity contribution is 7.03. The fourth-order valence-corrected chi connectivity index (χ4v) is 8.44. The zero-order chi connectivity index (χ0) is 22.5. The van der Waals surface area contributed by atoms with Crippen LogP contribution in [0.15, 0.2) is 72.9 Å². The number of para-hydroxylation sites is 1. The van der Waals surface area contributed by atoms with Crippen molar-refractivity contribution in [2.45, 2.75) is 13.1 Å². The molecule has 4 aromatic carbocycles. The molecule has 6 aromatic rings. The van der Waals surface area contributed by atoms with E-state index in [4.69, 9.17) is 9.97 Å². The van der Waals surface area contributed by atoms with Gasteiger partial charge in [-0.25, -0.2) is 8.78 Å². The van der Waals surface area contributed by atoms with Gasteiger partial charge in [0, 0.05) is 39.3 Å². The number of benzene rings is 4. The van der Waals surface area contributed by atoms with E-state index in [0.717, 1.165) is 55.1 Å². The summed E-state index contributed by atoms with van der Waals surface area (Å²) in [5, 5.41) is 8.51. The number of halogens is 2. The maximum Gasteiger partial charge on any atom is 0.137 e. The number of nitrogens with zero attached hydrogens (tertiary/aromatic N) is 2. The maximum atomic E-state index is 14.6. The minimum Gasteiger partial charge on any atom is -0.257 e. The van der Waals surface area contributed by atoms with Crippen molar-refractivity contribution in [1.82, 2.24) is 9.97 Å². The molecule has 0 amide bonds. The Morgan fingerprint density at radius 2 is 1.55 bits per heavy atom. The second-order valence-corrected chi connectivity index (χ2v) is 13.6. The summed E-state index contributed by atoms with van der Waals surface area (Å²) in [5.74, 6) is -1.10. The van der Waals surface area contributed by atoms with Crippen LogP contribution in [0.3, 0.4) is 0 Å². The largest absolute Gasteiger partial charge is 0.257 e. The van der Waals surface area contributed by atoms with Crippen LogP contribution in [0.1, 0.15) is 0 Å². The minimum atomic E-state index is -2.25. The molecule has 0 radical (unpaired) electrons.